The molecule has 6 heteroatoms. The van der Waals surface area contributed by atoms with Crippen molar-refractivity contribution in [3.05, 3.63) is 48.0 Å². The average Bonchev–Trinajstić information content (AvgIpc) is 3.01. The van der Waals surface area contributed by atoms with Crippen molar-refractivity contribution in [2.75, 3.05) is 37.7 Å². The number of nitrogens with one attached hydrogen (secondary N) is 1. The third-order valence-corrected chi connectivity index (χ3v) is 4.06. The lowest BCUT2D eigenvalue weighted by Crippen LogP contribution is -2.38. The molecule has 0 saturated carbocycles. The number of rotatable bonds is 5. The molecule has 23 heavy (non-hydrogen) atoms. The Labute approximate surface area is 136 Å². The van der Waals surface area contributed by atoms with Gasteiger partial charge in [-0.1, -0.05) is 12.1 Å². The molecule has 2 heterocycles. The lowest BCUT2D eigenvalue weighted by atomic mass is 10.1. The van der Waals surface area contributed by atoms with Crippen LogP contribution >= 0.6 is 0 Å². The molecule has 1 N–H and O–H groups in total. The first kappa shape index (κ1) is 15.6. The van der Waals surface area contributed by atoms with Gasteiger partial charge in [0.05, 0.1) is 18.8 Å². The molecule has 1 aliphatic rings. The Morgan fingerprint density at radius 1 is 1.30 bits per heavy atom. The fraction of sp³-hybridized carbons (Fsp3) is 0.412. The van der Waals surface area contributed by atoms with Crippen molar-refractivity contribution in [1.82, 2.24) is 14.9 Å². The van der Waals surface area contributed by atoms with E-state index in [0.29, 0.717) is 25.3 Å². The summed E-state index contributed by atoms with van der Waals surface area (Å²) in [6.45, 7) is 3.61. The van der Waals surface area contributed by atoms with Gasteiger partial charge in [-0.2, -0.15) is 0 Å². The molecule has 1 saturated heterocycles. The van der Waals surface area contributed by atoms with Crippen molar-refractivity contribution in [3.8, 4) is 0 Å². The fourth-order valence-corrected chi connectivity index (χ4v) is 2.77. The number of carbonyl (C=O) groups is 1. The number of benzene rings is 1. The van der Waals surface area contributed by atoms with Gasteiger partial charge in [0, 0.05) is 51.2 Å². The number of imidazole rings is 1. The average molecular weight is 314 g/mol. The third kappa shape index (κ3) is 3.71. The summed E-state index contributed by atoms with van der Waals surface area (Å²) < 4.78 is 7.35. The molecule has 3 rings (SSSR count). The summed E-state index contributed by atoms with van der Waals surface area (Å²) in [5.74, 6) is 0.924. The summed E-state index contributed by atoms with van der Waals surface area (Å²) in [7, 11) is 1.96. The maximum atomic E-state index is 12.5. The molecule has 1 aromatic heterocycles. The van der Waals surface area contributed by atoms with Gasteiger partial charge < -0.3 is 19.5 Å². The molecular weight excluding hydrogens is 292 g/mol. The SMILES string of the molecule is Cn1ccnc1CCNC(=O)c1ccccc1N1CCOCC1. The van der Waals surface area contributed by atoms with Crippen LogP contribution in [0.1, 0.15) is 16.2 Å². The summed E-state index contributed by atoms with van der Waals surface area (Å²) in [6.07, 6.45) is 4.39. The van der Waals surface area contributed by atoms with Crippen molar-refractivity contribution in [2.45, 2.75) is 6.42 Å². The van der Waals surface area contributed by atoms with Crippen LogP contribution in [0.4, 0.5) is 5.69 Å². The second-order valence-electron chi connectivity index (χ2n) is 5.58. The van der Waals surface area contributed by atoms with E-state index in [1.807, 2.05) is 42.1 Å². The number of morpholine rings is 1. The topological polar surface area (TPSA) is 59.4 Å². The first-order valence-corrected chi connectivity index (χ1v) is 7.92. The Balaban J connectivity index is 1.63. The fourth-order valence-electron chi connectivity index (χ4n) is 2.77. The Hall–Kier alpha value is -2.34. The van der Waals surface area contributed by atoms with Gasteiger partial charge in [0.1, 0.15) is 5.82 Å². The molecule has 1 aliphatic heterocycles. The maximum Gasteiger partial charge on any atom is 0.253 e. The Kier molecular flexibility index (Phi) is 4.92. The summed E-state index contributed by atoms with van der Waals surface area (Å²) >= 11 is 0. The van der Waals surface area contributed by atoms with Crippen LogP contribution in [0, 0.1) is 0 Å². The molecular formula is C17H22N4O2. The summed E-state index contributed by atoms with van der Waals surface area (Å²) in [5, 5.41) is 2.99. The zero-order valence-corrected chi connectivity index (χ0v) is 13.4. The molecule has 0 aliphatic carbocycles. The molecule has 122 valence electrons. The number of nitrogens with zero attached hydrogens (tertiary/aromatic N) is 3. The lowest BCUT2D eigenvalue weighted by molar-refractivity contribution is 0.0952. The summed E-state index contributed by atoms with van der Waals surface area (Å²) in [4.78, 5) is 19.0. The van der Waals surface area contributed by atoms with Gasteiger partial charge in [0.15, 0.2) is 0 Å². The standard InChI is InChI=1S/C17H22N4O2/c1-20-9-8-18-16(20)6-7-19-17(22)14-4-2-3-5-15(14)21-10-12-23-13-11-21/h2-5,8-9H,6-7,10-13H2,1H3,(H,19,22). The maximum absolute atomic E-state index is 12.5. The number of anilines is 1. The van der Waals surface area contributed by atoms with Crippen molar-refractivity contribution < 1.29 is 9.53 Å². The van der Waals surface area contributed by atoms with E-state index >= 15 is 0 Å². The number of hydrogen-bond acceptors (Lipinski definition) is 4. The zero-order chi connectivity index (χ0) is 16.1. The number of aryl methyl sites for hydroxylation is 1. The van der Waals surface area contributed by atoms with Gasteiger partial charge >= 0.3 is 0 Å². The zero-order valence-electron chi connectivity index (χ0n) is 13.4. The first-order valence-electron chi connectivity index (χ1n) is 7.92. The molecule has 1 aromatic carbocycles. The highest BCUT2D eigenvalue weighted by Gasteiger charge is 2.18. The number of hydrogen-bond donors (Lipinski definition) is 1. The van der Waals surface area contributed by atoms with Crippen molar-refractivity contribution in [2.24, 2.45) is 7.05 Å². The van der Waals surface area contributed by atoms with Crippen molar-refractivity contribution >= 4 is 11.6 Å². The monoisotopic (exact) mass is 314 g/mol. The van der Waals surface area contributed by atoms with Gasteiger partial charge in [-0.3, -0.25) is 4.79 Å². The molecule has 6 nitrogen and oxygen atoms in total. The number of carbonyl (C=O) groups excluding carboxylic acids is 1. The minimum Gasteiger partial charge on any atom is -0.378 e. The highest BCUT2D eigenvalue weighted by atomic mass is 16.5. The van der Waals surface area contributed by atoms with E-state index in [2.05, 4.69) is 15.2 Å². The van der Waals surface area contributed by atoms with Crippen LogP contribution in [0.2, 0.25) is 0 Å². The Bertz CT molecular complexity index is 662. The first-order chi connectivity index (χ1) is 11.3. The van der Waals surface area contributed by atoms with Gasteiger partial charge in [-0.15, -0.1) is 0 Å². The Morgan fingerprint density at radius 3 is 2.83 bits per heavy atom. The molecule has 0 atom stereocenters. The predicted octanol–water partition coefficient (Wildman–Crippen LogP) is 1.23. The van der Waals surface area contributed by atoms with Crippen LogP contribution in [0.15, 0.2) is 36.7 Å². The molecule has 0 unspecified atom stereocenters. The number of para-hydroxylation sites is 1. The highest BCUT2D eigenvalue weighted by molar-refractivity contribution is 5.99. The third-order valence-electron chi connectivity index (χ3n) is 4.06. The van der Waals surface area contributed by atoms with E-state index in [1.165, 1.54) is 0 Å². The van der Waals surface area contributed by atoms with Gasteiger partial charge in [-0.05, 0) is 12.1 Å². The quantitative estimate of drug-likeness (QED) is 0.902. The summed E-state index contributed by atoms with van der Waals surface area (Å²) in [6, 6.07) is 7.74. The molecule has 0 radical (unpaired) electrons. The molecule has 2 aromatic rings. The van der Waals surface area contributed by atoms with Crippen molar-refractivity contribution in [3.63, 3.8) is 0 Å². The highest BCUT2D eigenvalue weighted by Crippen LogP contribution is 2.21. The number of aromatic nitrogens is 2. The Morgan fingerprint density at radius 2 is 2.09 bits per heavy atom. The molecule has 0 bridgehead atoms. The largest absolute Gasteiger partial charge is 0.378 e. The van der Waals surface area contributed by atoms with Crippen LogP contribution in [-0.4, -0.2) is 48.3 Å². The van der Waals surface area contributed by atoms with Gasteiger partial charge in [-0.25, -0.2) is 4.98 Å². The van der Waals surface area contributed by atoms with Crippen LogP contribution in [0.5, 0.6) is 0 Å². The smallest absolute Gasteiger partial charge is 0.253 e. The summed E-state index contributed by atoms with van der Waals surface area (Å²) in [5.41, 5.74) is 1.69. The van der Waals surface area contributed by atoms with E-state index in [0.717, 1.165) is 31.0 Å². The molecule has 1 fully saturated rings. The van der Waals surface area contributed by atoms with Crippen LogP contribution in [-0.2, 0) is 18.2 Å². The van der Waals surface area contributed by atoms with Crippen molar-refractivity contribution in [1.29, 1.82) is 0 Å². The minimum absolute atomic E-state index is 0.0405. The van der Waals surface area contributed by atoms with E-state index in [1.54, 1.807) is 6.20 Å². The van der Waals surface area contributed by atoms with E-state index in [4.69, 9.17) is 4.74 Å². The predicted molar refractivity (Wildman–Crippen MR) is 88.7 cm³/mol. The second kappa shape index (κ2) is 7.28. The van der Waals surface area contributed by atoms with E-state index in [9.17, 15) is 4.79 Å². The molecule has 0 spiro atoms. The van der Waals surface area contributed by atoms with E-state index in [-0.39, 0.29) is 5.91 Å². The number of ether oxygens (including phenoxy) is 1. The second-order valence-corrected chi connectivity index (χ2v) is 5.58. The van der Waals surface area contributed by atoms with Crippen LogP contribution < -0.4 is 10.2 Å². The molecule has 1 amide bonds. The van der Waals surface area contributed by atoms with Crippen LogP contribution in [0.25, 0.3) is 0 Å². The van der Waals surface area contributed by atoms with Crippen LogP contribution in [0.3, 0.4) is 0 Å². The minimum atomic E-state index is -0.0405. The van der Waals surface area contributed by atoms with Gasteiger partial charge in [0.25, 0.3) is 5.91 Å². The number of amides is 1. The van der Waals surface area contributed by atoms with E-state index < -0.39 is 0 Å². The normalized spacial score (nSPS) is 14.7. The van der Waals surface area contributed by atoms with Gasteiger partial charge in [0.2, 0.25) is 0 Å². The lowest BCUT2D eigenvalue weighted by Gasteiger charge is -2.30.